The molecule has 0 unspecified atom stereocenters. The van der Waals surface area contributed by atoms with Crippen molar-refractivity contribution in [3.05, 3.63) is 28.2 Å². The van der Waals surface area contributed by atoms with Gasteiger partial charge >= 0.3 is 6.18 Å². The summed E-state index contributed by atoms with van der Waals surface area (Å²) in [7, 11) is 0. The van der Waals surface area contributed by atoms with Crippen molar-refractivity contribution in [3.8, 4) is 0 Å². The second-order valence-corrected chi connectivity index (χ2v) is 4.47. The van der Waals surface area contributed by atoms with Gasteiger partial charge < -0.3 is 10.1 Å². The molecule has 1 aromatic rings. The second kappa shape index (κ2) is 6.26. The van der Waals surface area contributed by atoms with Crippen molar-refractivity contribution in [1.29, 1.82) is 0 Å². The topological polar surface area (TPSA) is 21.3 Å². The van der Waals surface area contributed by atoms with E-state index in [1.807, 2.05) is 25.1 Å². The molecular formula is C11H13BrF3NO. The number of benzene rings is 1. The quantitative estimate of drug-likeness (QED) is 0.836. The predicted octanol–water partition coefficient (Wildman–Crippen LogP) is 3.75. The highest BCUT2D eigenvalue weighted by molar-refractivity contribution is 9.10. The Hall–Kier alpha value is -0.750. The molecule has 0 fully saturated rings. The maximum atomic E-state index is 11.8. The maximum absolute atomic E-state index is 11.8. The molecule has 2 nitrogen and oxygen atoms in total. The van der Waals surface area contributed by atoms with E-state index < -0.39 is 12.8 Å². The van der Waals surface area contributed by atoms with E-state index in [9.17, 15) is 13.2 Å². The lowest BCUT2D eigenvalue weighted by molar-refractivity contribution is -0.172. The Morgan fingerprint density at radius 1 is 1.35 bits per heavy atom. The lowest BCUT2D eigenvalue weighted by Crippen LogP contribution is -2.20. The third-order valence-electron chi connectivity index (χ3n) is 2.03. The van der Waals surface area contributed by atoms with Crippen molar-refractivity contribution >= 4 is 21.6 Å². The largest absolute Gasteiger partial charge is 0.411 e. The molecule has 1 rings (SSSR count). The Morgan fingerprint density at radius 3 is 2.71 bits per heavy atom. The summed E-state index contributed by atoms with van der Waals surface area (Å²) in [6, 6.07) is 5.70. The number of rotatable bonds is 5. The first kappa shape index (κ1) is 14.3. The van der Waals surface area contributed by atoms with Crippen LogP contribution in [0.5, 0.6) is 0 Å². The Labute approximate surface area is 106 Å². The first-order chi connectivity index (χ1) is 7.88. The van der Waals surface area contributed by atoms with Crippen LogP contribution >= 0.6 is 15.9 Å². The fourth-order valence-corrected chi connectivity index (χ4v) is 1.59. The molecule has 1 N–H and O–H groups in total. The molecule has 0 aliphatic rings. The van der Waals surface area contributed by atoms with Gasteiger partial charge in [0.1, 0.15) is 6.61 Å². The van der Waals surface area contributed by atoms with Gasteiger partial charge in [-0.15, -0.1) is 0 Å². The van der Waals surface area contributed by atoms with E-state index in [1.54, 1.807) is 0 Å². The van der Waals surface area contributed by atoms with E-state index in [2.05, 4.69) is 26.0 Å². The van der Waals surface area contributed by atoms with Crippen LogP contribution in [0.1, 0.15) is 5.56 Å². The molecule has 0 radical (unpaired) electrons. The normalized spacial score (nSPS) is 11.6. The molecule has 0 atom stereocenters. The number of alkyl halides is 3. The Bertz CT molecular complexity index is 368. The Kier molecular flexibility index (Phi) is 5.27. The maximum Gasteiger partial charge on any atom is 0.411 e. The molecular weight excluding hydrogens is 299 g/mol. The number of nitrogens with one attached hydrogen (secondary N) is 1. The van der Waals surface area contributed by atoms with Gasteiger partial charge in [-0.2, -0.15) is 13.2 Å². The van der Waals surface area contributed by atoms with Crippen LogP contribution in [0.15, 0.2) is 22.7 Å². The molecule has 0 bridgehead atoms. The van der Waals surface area contributed by atoms with Crippen LogP contribution in [0.3, 0.4) is 0 Å². The fourth-order valence-electron chi connectivity index (χ4n) is 1.23. The van der Waals surface area contributed by atoms with E-state index in [0.717, 1.165) is 15.7 Å². The first-order valence-electron chi connectivity index (χ1n) is 5.03. The van der Waals surface area contributed by atoms with Gasteiger partial charge in [-0.05, 0) is 24.6 Å². The highest BCUT2D eigenvalue weighted by atomic mass is 79.9. The minimum Gasteiger partial charge on any atom is -0.382 e. The van der Waals surface area contributed by atoms with Gasteiger partial charge in [0, 0.05) is 16.7 Å². The number of hydrogen-bond acceptors (Lipinski definition) is 2. The van der Waals surface area contributed by atoms with Crippen LogP contribution < -0.4 is 5.32 Å². The molecule has 0 aliphatic carbocycles. The van der Waals surface area contributed by atoms with Gasteiger partial charge in [0.2, 0.25) is 0 Å². The standard InChI is InChI=1S/C11H13BrF3NO/c1-8-2-3-9(12)6-10(8)16-4-5-17-7-11(13,14)15/h2-3,6,16H,4-5,7H2,1H3. The summed E-state index contributed by atoms with van der Waals surface area (Å²) in [5, 5.41) is 3.02. The molecule has 1 aromatic carbocycles. The summed E-state index contributed by atoms with van der Waals surface area (Å²) >= 11 is 3.33. The smallest absolute Gasteiger partial charge is 0.382 e. The van der Waals surface area contributed by atoms with Crippen LogP contribution in [0.25, 0.3) is 0 Å². The number of ether oxygens (including phenoxy) is 1. The zero-order valence-electron chi connectivity index (χ0n) is 9.27. The SMILES string of the molecule is Cc1ccc(Br)cc1NCCOCC(F)(F)F. The van der Waals surface area contributed by atoms with Gasteiger partial charge in [0.15, 0.2) is 0 Å². The molecule has 17 heavy (non-hydrogen) atoms. The van der Waals surface area contributed by atoms with E-state index in [4.69, 9.17) is 0 Å². The van der Waals surface area contributed by atoms with Crippen molar-refractivity contribution in [3.63, 3.8) is 0 Å². The fraction of sp³-hybridized carbons (Fsp3) is 0.455. The van der Waals surface area contributed by atoms with Crippen LogP contribution in [0.2, 0.25) is 0 Å². The van der Waals surface area contributed by atoms with E-state index in [1.165, 1.54) is 0 Å². The average molecular weight is 312 g/mol. The molecule has 6 heteroatoms. The molecule has 0 aliphatic heterocycles. The Balaban J connectivity index is 2.29. The van der Waals surface area contributed by atoms with E-state index in [-0.39, 0.29) is 6.61 Å². The van der Waals surface area contributed by atoms with Crippen LogP contribution in [0.4, 0.5) is 18.9 Å². The summed E-state index contributed by atoms with van der Waals surface area (Å²) in [6.45, 7) is 1.08. The van der Waals surface area contributed by atoms with Crippen molar-refractivity contribution in [2.24, 2.45) is 0 Å². The van der Waals surface area contributed by atoms with E-state index in [0.29, 0.717) is 6.54 Å². The van der Waals surface area contributed by atoms with Gasteiger partial charge in [0.25, 0.3) is 0 Å². The van der Waals surface area contributed by atoms with Crippen molar-refractivity contribution in [2.45, 2.75) is 13.1 Å². The summed E-state index contributed by atoms with van der Waals surface area (Å²) in [5.74, 6) is 0. The van der Waals surface area contributed by atoms with Gasteiger partial charge in [-0.25, -0.2) is 0 Å². The highest BCUT2D eigenvalue weighted by Gasteiger charge is 2.27. The molecule has 0 spiro atoms. The molecule has 0 aromatic heterocycles. The van der Waals surface area contributed by atoms with Crippen molar-refractivity contribution in [1.82, 2.24) is 0 Å². The number of anilines is 1. The summed E-state index contributed by atoms with van der Waals surface area (Å²) < 4.78 is 40.7. The van der Waals surface area contributed by atoms with Crippen molar-refractivity contribution < 1.29 is 17.9 Å². The van der Waals surface area contributed by atoms with Crippen LogP contribution in [-0.4, -0.2) is 25.9 Å². The Morgan fingerprint density at radius 2 is 2.06 bits per heavy atom. The average Bonchev–Trinajstić information content (AvgIpc) is 2.21. The van der Waals surface area contributed by atoms with Crippen LogP contribution in [-0.2, 0) is 4.74 Å². The number of halogens is 4. The second-order valence-electron chi connectivity index (χ2n) is 3.55. The third kappa shape index (κ3) is 5.93. The molecule has 0 saturated heterocycles. The number of hydrogen-bond donors (Lipinski definition) is 1. The molecule has 0 heterocycles. The van der Waals surface area contributed by atoms with E-state index >= 15 is 0 Å². The van der Waals surface area contributed by atoms with Gasteiger partial charge in [-0.3, -0.25) is 0 Å². The predicted molar refractivity (Wildman–Crippen MR) is 64.2 cm³/mol. The summed E-state index contributed by atoms with van der Waals surface area (Å²) in [5.41, 5.74) is 1.92. The minimum absolute atomic E-state index is 0.0193. The summed E-state index contributed by atoms with van der Waals surface area (Å²) in [6.07, 6.45) is -4.26. The molecule has 0 amide bonds. The third-order valence-corrected chi connectivity index (χ3v) is 2.52. The monoisotopic (exact) mass is 311 g/mol. The minimum atomic E-state index is -4.26. The van der Waals surface area contributed by atoms with Gasteiger partial charge in [-0.1, -0.05) is 22.0 Å². The summed E-state index contributed by atoms with van der Waals surface area (Å²) in [4.78, 5) is 0. The number of aryl methyl sites for hydroxylation is 1. The van der Waals surface area contributed by atoms with Crippen molar-refractivity contribution in [2.75, 3.05) is 25.1 Å². The van der Waals surface area contributed by atoms with Crippen LogP contribution in [0, 0.1) is 6.92 Å². The zero-order chi connectivity index (χ0) is 12.9. The lowest BCUT2D eigenvalue weighted by atomic mass is 10.2. The highest BCUT2D eigenvalue weighted by Crippen LogP contribution is 2.20. The first-order valence-corrected chi connectivity index (χ1v) is 5.82. The lowest BCUT2D eigenvalue weighted by Gasteiger charge is -2.11. The zero-order valence-corrected chi connectivity index (χ0v) is 10.9. The molecule has 0 saturated carbocycles. The van der Waals surface area contributed by atoms with Gasteiger partial charge in [0.05, 0.1) is 6.61 Å². The molecule has 96 valence electrons.